The standard InChI is InChI=1S/C22H22FN3O2/c1-3-8-17-19(21(27)28-4-2)20(14-9-7-10-15(23)13-14)26-18-12-6-5-11-16(18)24-22(26)25-17/h5-7,9-13,20H,3-4,8H2,1-2H3,(H,24,25)/t20-/m0/s1. The summed E-state index contributed by atoms with van der Waals surface area (Å²) in [5, 5.41) is 3.33. The Hall–Kier alpha value is -3.15. The van der Waals surface area contributed by atoms with Crippen LogP contribution in [0.5, 0.6) is 0 Å². The van der Waals surface area contributed by atoms with E-state index in [1.807, 2.05) is 41.8 Å². The van der Waals surface area contributed by atoms with Gasteiger partial charge >= 0.3 is 5.97 Å². The highest BCUT2D eigenvalue weighted by Crippen LogP contribution is 2.40. The number of nitrogens with zero attached hydrogens (tertiary/aromatic N) is 2. The van der Waals surface area contributed by atoms with E-state index >= 15 is 0 Å². The lowest BCUT2D eigenvalue weighted by Gasteiger charge is -2.31. The minimum atomic E-state index is -0.514. The van der Waals surface area contributed by atoms with Crippen molar-refractivity contribution in [1.29, 1.82) is 0 Å². The van der Waals surface area contributed by atoms with Crippen LogP contribution in [-0.2, 0) is 9.53 Å². The van der Waals surface area contributed by atoms with Crippen molar-refractivity contribution >= 4 is 23.0 Å². The Kier molecular flexibility index (Phi) is 4.86. The number of esters is 1. The number of allylic oxidation sites excluding steroid dienone is 1. The maximum absolute atomic E-state index is 14.1. The maximum atomic E-state index is 14.1. The number of carbonyl (C=O) groups is 1. The SMILES string of the molecule is CCCC1=C(C(=O)OCC)[C@H](c2cccc(F)c2)n2c(nc3ccccc32)N1. The number of carbonyl (C=O) groups excluding carboxylic acids is 1. The van der Waals surface area contributed by atoms with Gasteiger partial charge in [-0.05, 0) is 43.2 Å². The summed E-state index contributed by atoms with van der Waals surface area (Å²) in [5.41, 5.74) is 3.65. The van der Waals surface area contributed by atoms with E-state index in [0.717, 1.165) is 23.2 Å². The Bertz CT molecular complexity index is 1070. The van der Waals surface area contributed by atoms with Crippen LogP contribution >= 0.6 is 0 Å². The van der Waals surface area contributed by atoms with Gasteiger partial charge in [-0.15, -0.1) is 0 Å². The summed E-state index contributed by atoms with van der Waals surface area (Å²) in [6.07, 6.45) is 1.52. The number of benzene rings is 2. The van der Waals surface area contributed by atoms with E-state index in [9.17, 15) is 9.18 Å². The zero-order chi connectivity index (χ0) is 19.7. The molecule has 5 nitrogen and oxygen atoms in total. The normalized spacial score (nSPS) is 16.0. The number of ether oxygens (including phenoxy) is 1. The van der Waals surface area contributed by atoms with Crippen LogP contribution in [0.1, 0.15) is 38.3 Å². The summed E-state index contributed by atoms with van der Waals surface area (Å²) < 4.78 is 21.4. The smallest absolute Gasteiger partial charge is 0.338 e. The number of hydrogen-bond donors (Lipinski definition) is 1. The first-order chi connectivity index (χ1) is 13.6. The Morgan fingerprint density at radius 3 is 2.79 bits per heavy atom. The average molecular weight is 379 g/mol. The van der Waals surface area contributed by atoms with Crippen molar-refractivity contribution < 1.29 is 13.9 Å². The summed E-state index contributed by atoms with van der Waals surface area (Å²) >= 11 is 0. The molecule has 28 heavy (non-hydrogen) atoms. The van der Waals surface area contributed by atoms with Gasteiger partial charge in [-0.1, -0.05) is 37.6 Å². The van der Waals surface area contributed by atoms with Crippen molar-refractivity contribution in [3.63, 3.8) is 0 Å². The summed E-state index contributed by atoms with van der Waals surface area (Å²) in [5.74, 6) is -0.0923. The van der Waals surface area contributed by atoms with Crippen LogP contribution in [0.15, 0.2) is 59.8 Å². The van der Waals surface area contributed by atoms with Gasteiger partial charge < -0.3 is 10.1 Å². The topological polar surface area (TPSA) is 56.2 Å². The van der Waals surface area contributed by atoms with E-state index in [0.29, 0.717) is 23.5 Å². The summed E-state index contributed by atoms with van der Waals surface area (Å²) in [4.78, 5) is 17.7. The molecule has 1 aliphatic heterocycles. The molecule has 1 atom stereocenters. The number of anilines is 1. The van der Waals surface area contributed by atoms with Crippen molar-refractivity contribution in [2.45, 2.75) is 32.7 Å². The number of para-hydroxylation sites is 2. The second-order valence-electron chi connectivity index (χ2n) is 6.74. The Morgan fingerprint density at radius 2 is 2.04 bits per heavy atom. The van der Waals surface area contributed by atoms with E-state index in [1.54, 1.807) is 13.0 Å². The maximum Gasteiger partial charge on any atom is 0.338 e. The molecule has 0 saturated carbocycles. The number of halogens is 1. The molecule has 6 heteroatoms. The van der Waals surface area contributed by atoms with Crippen LogP contribution in [-0.4, -0.2) is 22.1 Å². The highest BCUT2D eigenvalue weighted by molar-refractivity contribution is 5.94. The predicted octanol–water partition coefficient (Wildman–Crippen LogP) is 4.81. The number of hydrogen-bond acceptors (Lipinski definition) is 4. The number of aromatic nitrogens is 2. The van der Waals surface area contributed by atoms with E-state index in [2.05, 4.69) is 5.32 Å². The highest BCUT2D eigenvalue weighted by atomic mass is 19.1. The van der Waals surface area contributed by atoms with Gasteiger partial charge in [0, 0.05) is 5.70 Å². The van der Waals surface area contributed by atoms with Gasteiger partial charge in [-0.3, -0.25) is 4.57 Å². The minimum Gasteiger partial charge on any atom is -0.463 e. The summed E-state index contributed by atoms with van der Waals surface area (Å²) in [6, 6.07) is 13.6. The van der Waals surface area contributed by atoms with E-state index < -0.39 is 12.0 Å². The summed E-state index contributed by atoms with van der Waals surface area (Å²) in [6.45, 7) is 4.10. The average Bonchev–Trinajstić information content (AvgIpc) is 3.05. The molecular formula is C22H22FN3O2. The molecule has 0 saturated heterocycles. The Morgan fingerprint density at radius 1 is 1.21 bits per heavy atom. The van der Waals surface area contributed by atoms with Crippen LogP contribution in [0.4, 0.5) is 10.3 Å². The number of nitrogens with one attached hydrogen (secondary N) is 1. The second-order valence-corrected chi connectivity index (χ2v) is 6.74. The molecule has 0 amide bonds. The van der Waals surface area contributed by atoms with Gasteiger partial charge in [0.2, 0.25) is 5.95 Å². The largest absolute Gasteiger partial charge is 0.463 e. The fourth-order valence-electron chi connectivity index (χ4n) is 3.77. The highest BCUT2D eigenvalue weighted by Gasteiger charge is 2.35. The fraction of sp³-hybridized carbons (Fsp3) is 0.273. The lowest BCUT2D eigenvalue weighted by molar-refractivity contribution is -0.139. The quantitative estimate of drug-likeness (QED) is 0.647. The summed E-state index contributed by atoms with van der Waals surface area (Å²) in [7, 11) is 0. The second kappa shape index (κ2) is 7.46. The van der Waals surface area contributed by atoms with Gasteiger partial charge in [0.15, 0.2) is 0 Å². The third-order valence-corrected chi connectivity index (χ3v) is 4.88. The van der Waals surface area contributed by atoms with Crippen LogP contribution in [0.3, 0.4) is 0 Å². The molecule has 3 aromatic rings. The lowest BCUT2D eigenvalue weighted by atomic mass is 9.93. The molecule has 0 unspecified atom stereocenters. The molecule has 0 radical (unpaired) electrons. The minimum absolute atomic E-state index is 0.273. The van der Waals surface area contributed by atoms with Crippen LogP contribution in [0, 0.1) is 5.82 Å². The van der Waals surface area contributed by atoms with Crippen molar-refractivity contribution in [3.8, 4) is 0 Å². The molecule has 2 aromatic carbocycles. The Balaban J connectivity index is 2.00. The monoisotopic (exact) mass is 379 g/mol. The van der Waals surface area contributed by atoms with Gasteiger partial charge in [0.25, 0.3) is 0 Å². The van der Waals surface area contributed by atoms with E-state index in [-0.39, 0.29) is 12.4 Å². The zero-order valence-electron chi connectivity index (χ0n) is 15.9. The molecule has 4 rings (SSSR count). The zero-order valence-corrected chi connectivity index (χ0v) is 15.9. The number of rotatable bonds is 5. The lowest BCUT2D eigenvalue weighted by Crippen LogP contribution is -2.29. The third-order valence-electron chi connectivity index (χ3n) is 4.88. The van der Waals surface area contributed by atoms with Crippen molar-refractivity contribution in [1.82, 2.24) is 9.55 Å². The Labute approximate surface area is 162 Å². The van der Waals surface area contributed by atoms with E-state index in [1.165, 1.54) is 12.1 Å². The first-order valence-corrected chi connectivity index (χ1v) is 9.53. The van der Waals surface area contributed by atoms with Crippen LogP contribution < -0.4 is 5.32 Å². The van der Waals surface area contributed by atoms with Gasteiger partial charge in [-0.25, -0.2) is 14.2 Å². The molecule has 0 bridgehead atoms. The van der Waals surface area contributed by atoms with Gasteiger partial charge in [-0.2, -0.15) is 0 Å². The van der Waals surface area contributed by atoms with Crippen molar-refractivity contribution in [2.24, 2.45) is 0 Å². The van der Waals surface area contributed by atoms with Crippen molar-refractivity contribution in [3.05, 3.63) is 71.2 Å². The molecule has 1 N–H and O–H groups in total. The van der Waals surface area contributed by atoms with Crippen LogP contribution in [0.2, 0.25) is 0 Å². The first kappa shape index (κ1) is 18.2. The number of fused-ring (bicyclic) bond motifs is 3. The molecule has 1 aliphatic rings. The third kappa shape index (κ3) is 3.05. The molecule has 0 fully saturated rings. The molecular weight excluding hydrogens is 357 g/mol. The van der Waals surface area contributed by atoms with Crippen molar-refractivity contribution in [2.75, 3.05) is 11.9 Å². The molecule has 144 valence electrons. The molecule has 0 aliphatic carbocycles. The molecule has 1 aromatic heterocycles. The van der Waals surface area contributed by atoms with Gasteiger partial charge in [0.1, 0.15) is 5.82 Å². The van der Waals surface area contributed by atoms with Crippen LogP contribution in [0.25, 0.3) is 11.0 Å². The van der Waals surface area contributed by atoms with E-state index in [4.69, 9.17) is 9.72 Å². The first-order valence-electron chi connectivity index (χ1n) is 9.53. The fourth-order valence-corrected chi connectivity index (χ4v) is 3.77. The predicted molar refractivity (Wildman–Crippen MR) is 106 cm³/mol. The molecule has 0 spiro atoms. The molecule has 2 heterocycles. The van der Waals surface area contributed by atoms with Gasteiger partial charge in [0.05, 0.1) is 29.3 Å². The number of imidazole rings is 1.